The van der Waals surface area contributed by atoms with Crippen molar-refractivity contribution in [2.45, 2.75) is 23.0 Å². The van der Waals surface area contributed by atoms with Gasteiger partial charge in [0.25, 0.3) is 0 Å². The maximum Gasteiger partial charge on any atom is 0.134 e. The maximum atomic E-state index is 4.97. The highest BCUT2D eigenvalue weighted by atomic mass is 32.2. The summed E-state index contributed by atoms with van der Waals surface area (Å²) in [6.07, 6.45) is 0. The van der Waals surface area contributed by atoms with Crippen molar-refractivity contribution in [3.8, 4) is 19.8 Å². The fourth-order valence-electron chi connectivity index (χ4n) is 3.70. The molecule has 2 aliphatic rings. The van der Waals surface area contributed by atoms with Gasteiger partial charge in [0.1, 0.15) is 10.0 Å². The van der Waals surface area contributed by atoms with Crippen LogP contribution >= 0.6 is 68.9 Å². The molecule has 0 N–H and O–H groups in total. The van der Waals surface area contributed by atoms with E-state index in [0.717, 1.165) is 44.1 Å². The lowest BCUT2D eigenvalue weighted by Crippen LogP contribution is -1.72. The fraction of sp³-hybridized carbons (Fsp3) is 0.200. The maximum absolute atomic E-state index is 4.97. The molecule has 5 aromatic rings. The van der Waals surface area contributed by atoms with Crippen LogP contribution in [0.3, 0.4) is 0 Å². The van der Waals surface area contributed by atoms with Crippen LogP contribution in [-0.4, -0.2) is 9.97 Å². The van der Waals surface area contributed by atoms with Crippen LogP contribution in [0.25, 0.3) is 40.2 Å². The minimum Gasteiger partial charge on any atom is -0.235 e. The zero-order valence-corrected chi connectivity index (χ0v) is 19.4. The SMILES string of the molecule is c1c(-c2nc3cc4sc(-c5cc6c(s5)CSC6)nc4cc3s2)sc2c1CSC2. The van der Waals surface area contributed by atoms with Crippen molar-refractivity contribution in [1.29, 1.82) is 0 Å². The molecule has 7 rings (SSSR count). The molecule has 1 aromatic carbocycles. The number of thiazole rings is 2. The number of hydrogen-bond donors (Lipinski definition) is 0. The van der Waals surface area contributed by atoms with Gasteiger partial charge in [0.2, 0.25) is 0 Å². The standard InChI is InChI=1S/C20H12N2S6/c1-9-5-23-7-17(9)25-15(1)19-21-11-3-14-12(4-13(11)27-19)22-20(28-14)16-2-10-6-24-8-18(10)26-16/h1-4H,5-8H2. The van der Waals surface area contributed by atoms with Gasteiger partial charge in [-0.2, -0.15) is 23.5 Å². The van der Waals surface area contributed by atoms with Crippen molar-refractivity contribution in [3.05, 3.63) is 45.1 Å². The number of benzene rings is 1. The van der Waals surface area contributed by atoms with E-state index in [4.69, 9.17) is 9.97 Å². The topological polar surface area (TPSA) is 25.8 Å². The average molecular weight is 473 g/mol. The van der Waals surface area contributed by atoms with E-state index < -0.39 is 0 Å². The van der Waals surface area contributed by atoms with Crippen molar-refractivity contribution < 1.29 is 0 Å². The van der Waals surface area contributed by atoms with Crippen molar-refractivity contribution in [1.82, 2.24) is 9.97 Å². The quantitative estimate of drug-likeness (QED) is 0.261. The Morgan fingerprint density at radius 3 is 1.54 bits per heavy atom. The van der Waals surface area contributed by atoms with Gasteiger partial charge in [-0.05, 0) is 35.4 Å². The molecule has 2 nitrogen and oxygen atoms in total. The highest BCUT2D eigenvalue weighted by Gasteiger charge is 2.20. The number of thioether (sulfide) groups is 2. The Morgan fingerprint density at radius 1 is 0.571 bits per heavy atom. The molecule has 0 spiro atoms. The Balaban J connectivity index is 1.31. The molecular weight excluding hydrogens is 461 g/mol. The first-order valence-corrected chi connectivity index (χ1v) is 14.5. The third kappa shape index (κ3) is 2.58. The fourth-order valence-corrected chi connectivity index (χ4v) is 10.8. The molecule has 6 heterocycles. The Morgan fingerprint density at radius 2 is 1.07 bits per heavy atom. The summed E-state index contributed by atoms with van der Waals surface area (Å²) in [5.74, 6) is 4.64. The minimum atomic E-state index is 1.11. The van der Waals surface area contributed by atoms with Crippen molar-refractivity contribution in [2.24, 2.45) is 0 Å². The molecule has 8 heteroatoms. The van der Waals surface area contributed by atoms with E-state index >= 15 is 0 Å². The van der Waals surface area contributed by atoms with E-state index in [0.29, 0.717) is 0 Å². The summed E-state index contributed by atoms with van der Waals surface area (Å²) in [5.41, 5.74) is 5.24. The first-order valence-electron chi connectivity index (χ1n) is 8.91. The van der Waals surface area contributed by atoms with Gasteiger partial charge in [0.05, 0.1) is 30.2 Å². The second-order valence-electron chi connectivity index (χ2n) is 6.93. The lowest BCUT2D eigenvalue weighted by atomic mass is 10.3. The Bertz CT molecular complexity index is 1190. The molecule has 138 valence electrons. The number of nitrogens with zero attached hydrogens (tertiary/aromatic N) is 2. The van der Waals surface area contributed by atoms with Crippen LogP contribution < -0.4 is 0 Å². The van der Waals surface area contributed by atoms with Crippen LogP contribution in [0.1, 0.15) is 20.9 Å². The highest BCUT2D eigenvalue weighted by molar-refractivity contribution is 7.98. The van der Waals surface area contributed by atoms with E-state index in [-0.39, 0.29) is 0 Å². The molecule has 4 aromatic heterocycles. The van der Waals surface area contributed by atoms with Crippen LogP contribution in [0.2, 0.25) is 0 Å². The third-order valence-corrected chi connectivity index (χ3v) is 12.2. The summed E-state index contributed by atoms with van der Waals surface area (Å²) in [5, 5.41) is 2.31. The first-order chi connectivity index (χ1) is 13.8. The summed E-state index contributed by atoms with van der Waals surface area (Å²) >= 11 is 11.5. The van der Waals surface area contributed by atoms with Gasteiger partial charge >= 0.3 is 0 Å². The monoisotopic (exact) mass is 472 g/mol. The summed E-state index contributed by atoms with van der Waals surface area (Å²) in [7, 11) is 0. The molecule has 2 aliphatic heterocycles. The molecule has 0 atom stereocenters. The number of aromatic nitrogens is 2. The smallest absolute Gasteiger partial charge is 0.134 e. The second kappa shape index (κ2) is 6.30. The Kier molecular flexibility index (Phi) is 3.79. The predicted octanol–water partition coefficient (Wildman–Crippen LogP) is 7.86. The van der Waals surface area contributed by atoms with E-state index in [9.17, 15) is 0 Å². The van der Waals surface area contributed by atoms with Crippen molar-refractivity contribution in [3.63, 3.8) is 0 Å². The van der Waals surface area contributed by atoms with Crippen LogP contribution in [0.4, 0.5) is 0 Å². The molecule has 0 aliphatic carbocycles. The normalized spacial score (nSPS) is 15.7. The number of thiophene rings is 2. The molecule has 0 saturated heterocycles. The summed E-state index contributed by atoms with van der Waals surface area (Å²) in [6.45, 7) is 0. The third-order valence-electron chi connectivity index (χ3n) is 5.09. The van der Waals surface area contributed by atoms with Crippen molar-refractivity contribution >= 4 is 89.3 Å². The minimum absolute atomic E-state index is 1.11. The van der Waals surface area contributed by atoms with Gasteiger partial charge in [-0.1, -0.05) is 0 Å². The van der Waals surface area contributed by atoms with E-state index in [1.165, 1.54) is 40.0 Å². The summed E-state index contributed by atoms with van der Waals surface area (Å²) in [6, 6.07) is 9.18. The van der Waals surface area contributed by atoms with Gasteiger partial charge in [-0.3, -0.25) is 0 Å². The number of rotatable bonds is 2. The zero-order chi connectivity index (χ0) is 18.2. The largest absolute Gasteiger partial charge is 0.235 e. The summed E-state index contributed by atoms with van der Waals surface area (Å²) < 4.78 is 2.49. The molecule has 0 radical (unpaired) electrons. The molecule has 0 amide bonds. The van der Waals surface area contributed by atoms with Crippen LogP contribution in [0.15, 0.2) is 24.3 Å². The van der Waals surface area contributed by atoms with Crippen LogP contribution in [-0.2, 0) is 23.0 Å². The molecular formula is C20H12N2S6. The van der Waals surface area contributed by atoms with Crippen LogP contribution in [0.5, 0.6) is 0 Å². The lowest BCUT2D eigenvalue weighted by Gasteiger charge is -1.89. The van der Waals surface area contributed by atoms with Crippen molar-refractivity contribution in [2.75, 3.05) is 0 Å². The van der Waals surface area contributed by atoms with Gasteiger partial charge in [-0.15, -0.1) is 45.3 Å². The van der Waals surface area contributed by atoms with E-state index in [1.807, 2.05) is 46.2 Å². The van der Waals surface area contributed by atoms with Gasteiger partial charge < -0.3 is 0 Å². The Hall–Kier alpha value is -0.900. The van der Waals surface area contributed by atoms with Gasteiger partial charge in [0.15, 0.2) is 0 Å². The second-order valence-corrected chi connectivity index (χ2v) is 13.2. The van der Waals surface area contributed by atoms with Gasteiger partial charge in [0, 0.05) is 32.8 Å². The highest BCUT2D eigenvalue weighted by Crippen LogP contribution is 2.45. The Labute approximate surface area is 186 Å². The molecule has 0 unspecified atom stereocenters. The zero-order valence-electron chi connectivity index (χ0n) is 14.5. The number of fused-ring (bicyclic) bond motifs is 4. The molecule has 0 saturated carbocycles. The van der Waals surface area contributed by atoms with E-state index in [1.54, 1.807) is 22.7 Å². The first kappa shape index (κ1) is 16.8. The summed E-state index contributed by atoms with van der Waals surface area (Å²) in [4.78, 5) is 15.7. The van der Waals surface area contributed by atoms with Gasteiger partial charge in [-0.25, -0.2) is 9.97 Å². The number of hydrogen-bond acceptors (Lipinski definition) is 8. The molecule has 0 bridgehead atoms. The lowest BCUT2D eigenvalue weighted by molar-refractivity contribution is 1.44. The predicted molar refractivity (Wildman–Crippen MR) is 129 cm³/mol. The van der Waals surface area contributed by atoms with Crippen LogP contribution in [0, 0.1) is 0 Å². The average Bonchev–Trinajstić information content (AvgIpc) is 3.47. The molecule has 0 fully saturated rings. The molecule has 28 heavy (non-hydrogen) atoms. The van der Waals surface area contributed by atoms with E-state index in [2.05, 4.69) is 24.3 Å².